The number of rotatable bonds is 3. The van der Waals surface area contributed by atoms with Crippen molar-refractivity contribution in [1.82, 2.24) is 14.9 Å². The zero-order chi connectivity index (χ0) is 13.9. The zero-order valence-corrected chi connectivity index (χ0v) is 12.0. The second-order valence-corrected chi connectivity index (χ2v) is 5.69. The third-order valence-corrected chi connectivity index (χ3v) is 2.43. The second-order valence-electron chi connectivity index (χ2n) is 5.69. The van der Waals surface area contributed by atoms with Gasteiger partial charge in [0.1, 0.15) is 5.60 Å². The van der Waals surface area contributed by atoms with Gasteiger partial charge in [0, 0.05) is 6.04 Å². The fraction of sp³-hybridized carbons (Fsp3) is 0.692. The molecule has 1 N–H and O–H groups in total. The molecule has 0 aromatic carbocycles. The van der Waals surface area contributed by atoms with Crippen molar-refractivity contribution in [1.29, 1.82) is 0 Å². The van der Waals surface area contributed by atoms with Crippen LogP contribution in [0.3, 0.4) is 0 Å². The van der Waals surface area contributed by atoms with Crippen LogP contribution in [-0.2, 0) is 4.74 Å². The molecule has 5 nitrogen and oxygen atoms in total. The molecule has 0 bridgehead atoms. The van der Waals surface area contributed by atoms with Gasteiger partial charge in [0.2, 0.25) is 0 Å². The van der Waals surface area contributed by atoms with Crippen LogP contribution in [0.25, 0.3) is 0 Å². The minimum Gasteiger partial charge on any atom is -0.444 e. The molecule has 0 aliphatic carbocycles. The lowest BCUT2D eigenvalue weighted by atomic mass is 10.2. The summed E-state index contributed by atoms with van der Waals surface area (Å²) in [5.41, 5.74) is 0.484. The van der Waals surface area contributed by atoms with Crippen molar-refractivity contribution in [2.45, 2.75) is 59.2 Å². The number of hydrogen-bond donors (Lipinski definition) is 1. The maximum Gasteiger partial charge on any atom is 0.408 e. The van der Waals surface area contributed by atoms with E-state index in [9.17, 15) is 4.79 Å². The van der Waals surface area contributed by atoms with Crippen LogP contribution in [0.2, 0.25) is 0 Å². The molecular weight excluding hydrogens is 230 g/mol. The van der Waals surface area contributed by atoms with Gasteiger partial charge in [0.05, 0.1) is 24.3 Å². The summed E-state index contributed by atoms with van der Waals surface area (Å²) in [6.07, 6.45) is 3.13. The van der Waals surface area contributed by atoms with Crippen molar-refractivity contribution in [3.8, 4) is 0 Å². The zero-order valence-electron chi connectivity index (χ0n) is 12.0. The molecule has 1 heterocycles. The molecule has 18 heavy (non-hydrogen) atoms. The van der Waals surface area contributed by atoms with Gasteiger partial charge in [-0.1, -0.05) is 0 Å². The lowest BCUT2D eigenvalue weighted by Crippen LogP contribution is -2.34. The van der Waals surface area contributed by atoms with Crippen LogP contribution >= 0.6 is 0 Å². The van der Waals surface area contributed by atoms with E-state index in [4.69, 9.17) is 4.74 Å². The second kappa shape index (κ2) is 5.42. The number of hydrogen-bond acceptors (Lipinski definition) is 3. The fourth-order valence-electron chi connectivity index (χ4n) is 1.64. The fourth-order valence-corrected chi connectivity index (χ4v) is 1.64. The quantitative estimate of drug-likeness (QED) is 0.900. The van der Waals surface area contributed by atoms with E-state index in [1.54, 1.807) is 12.5 Å². The van der Waals surface area contributed by atoms with E-state index in [-0.39, 0.29) is 6.04 Å². The van der Waals surface area contributed by atoms with Crippen molar-refractivity contribution in [3.63, 3.8) is 0 Å². The molecule has 0 fully saturated rings. The highest BCUT2D eigenvalue weighted by Gasteiger charge is 2.20. The molecule has 0 aliphatic rings. The maximum absolute atomic E-state index is 11.7. The van der Waals surface area contributed by atoms with E-state index in [2.05, 4.69) is 24.1 Å². The Morgan fingerprint density at radius 1 is 1.39 bits per heavy atom. The number of carbonyl (C=O) groups is 1. The van der Waals surface area contributed by atoms with E-state index in [1.165, 1.54) is 0 Å². The van der Waals surface area contributed by atoms with Crippen LogP contribution in [0.15, 0.2) is 12.5 Å². The number of ether oxygens (including phenoxy) is 1. The summed E-state index contributed by atoms with van der Waals surface area (Å²) in [6, 6.07) is 0.176. The predicted molar refractivity (Wildman–Crippen MR) is 70.4 cm³/mol. The number of amides is 1. The minimum atomic E-state index is -0.484. The molecule has 5 heteroatoms. The standard InChI is InChI=1S/C13H23N3O2/c1-9(2)16-8-14-7-11(16)10(3)15-12(17)18-13(4,5)6/h7-10H,1-6H3,(H,15,17)/t10-/m0/s1. The van der Waals surface area contributed by atoms with Gasteiger partial charge in [0.25, 0.3) is 0 Å². The Kier molecular flexibility index (Phi) is 4.38. The maximum atomic E-state index is 11.7. The minimum absolute atomic E-state index is 0.134. The summed E-state index contributed by atoms with van der Waals surface area (Å²) < 4.78 is 7.26. The molecule has 0 aliphatic heterocycles. The molecule has 1 aromatic heterocycles. The van der Waals surface area contributed by atoms with Crippen molar-refractivity contribution >= 4 is 6.09 Å². The normalized spacial score (nSPS) is 13.5. The van der Waals surface area contributed by atoms with Crippen LogP contribution in [0.1, 0.15) is 59.3 Å². The van der Waals surface area contributed by atoms with Gasteiger partial charge in [0.15, 0.2) is 0 Å². The lowest BCUT2D eigenvalue weighted by molar-refractivity contribution is 0.0506. The molecule has 0 unspecified atom stereocenters. The number of aromatic nitrogens is 2. The van der Waals surface area contributed by atoms with Crippen LogP contribution < -0.4 is 5.32 Å². The summed E-state index contributed by atoms with van der Waals surface area (Å²) in [4.78, 5) is 15.8. The average Bonchev–Trinajstić information content (AvgIpc) is 2.61. The summed E-state index contributed by atoms with van der Waals surface area (Å²) in [6.45, 7) is 11.6. The highest BCUT2D eigenvalue weighted by atomic mass is 16.6. The molecule has 0 spiro atoms. The Balaban J connectivity index is 2.68. The van der Waals surface area contributed by atoms with Gasteiger partial charge in [-0.3, -0.25) is 0 Å². The van der Waals surface area contributed by atoms with Crippen LogP contribution in [-0.4, -0.2) is 21.2 Å². The summed E-state index contributed by atoms with van der Waals surface area (Å²) >= 11 is 0. The van der Waals surface area contributed by atoms with Gasteiger partial charge in [-0.05, 0) is 41.5 Å². The molecule has 0 saturated heterocycles. The predicted octanol–water partition coefficient (Wildman–Crippen LogP) is 3.05. The topological polar surface area (TPSA) is 56.2 Å². The Morgan fingerprint density at radius 3 is 2.50 bits per heavy atom. The number of imidazole rings is 1. The molecule has 102 valence electrons. The van der Waals surface area contributed by atoms with Gasteiger partial charge in [-0.2, -0.15) is 0 Å². The molecule has 1 amide bonds. The van der Waals surface area contributed by atoms with Crippen molar-refractivity contribution in [3.05, 3.63) is 18.2 Å². The Morgan fingerprint density at radius 2 is 2.00 bits per heavy atom. The number of alkyl carbamates (subject to hydrolysis) is 1. The van der Waals surface area contributed by atoms with Gasteiger partial charge < -0.3 is 14.6 Å². The highest BCUT2D eigenvalue weighted by Crippen LogP contribution is 2.17. The van der Waals surface area contributed by atoms with Gasteiger partial charge in [-0.15, -0.1) is 0 Å². The third kappa shape index (κ3) is 4.05. The summed E-state index contributed by atoms with van der Waals surface area (Å²) in [5, 5.41) is 2.81. The summed E-state index contributed by atoms with van der Waals surface area (Å²) in [7, 11) is 0. The first-order chi connectivity index (χ1) is 8.20. The number of nitrogens with one attached hydrogen (secondary N) is 1. The molecule has 1 aromatic rings. The van der Waals surface area contributed by atoms with Crippen molar-refractivity contribution in [2.75, 3.05) is 0 Å². The number of nitrogens with zero attached hydrogens (tertiary/aromatic N) is 2. The van der Waals surface area contributed by atoms with Gasteiger partial charge in [-0.25, -0.2) is 9.78 Å². The van der Waals surface area contributed by atoms with Crippen LogP contribution in [0.5, 0.6) is 0 Å². The van der Waals surface area contributed by atoms with Crippen molar-refractivity contribution in [2.24, 2.45) is 0 Å². The van der Waals surface area contributed by atoms with E-state index in [0.29, 0.717) is 6.04 Å². The average molecular weight is 253 g/mol. The first-order valence-electron chi connectivity index (χ1n) is 6.22. The lowest BCUT2D eigenvalue weighted by Gasteiger charge is -2.23. The Hall–Kier alpha value is -1.52. The van der Waals surface area contributed by atoms with Gasteiger partial charge >= 0.3 is 6.09 Å². The highest BCUT2D eigenvalue weighted by molar-refractivity contribution is 5.68. The van der Waals surface area contributed by atoms with Crippen LogP contribution in [0.4, 0.5) is 4.79 Å². The smallest absolute Gasteiger partial charge is 0.408 e. The van der Waals surface area contributed by atoms with Crippen LogP contribution in [0, 0.1) is 0 Å². The van der Waals surface area contributed by atoms with Crippen molar-refractivity contribution < 1.29 is 9.53 Å². The van der Waals surface area contributed by atoms with E-state index < -0.39 is 11.7 Å². The number of carbonyl (C=O) groups excluding carboxylic acids is 1. The SMILES string of the molecule is CC(C)n1cncc1[C@H](C)NC(=O)OC(C)(C)C. The largest absolute Gasteiger partial charge is 0.444 e. The summed E-state index contributed by atoms with van der Waals surface area (Å²) in [5.74, 6) is 0. The third-order valence-electron chi connectivity index (χ3n) is 2.43. The molecule has 1 atom stereocenters. The van der Waals surface area contributed by atoms with E-state index in [0.717, 1.165) is 5.69 Å². The molecule has 0 saturated carbocycles. The first kappa shape index (κ1) is 14.5. The van der Waals surface area contributed by atoms with E-state index >= 15 is 0 Å². The monoisotopic (exact) mass is 253 g/mol. The first-order valence-corrected chi connectivity index (χ1v) is 6.22. The Labute approximate surface area is 109 Å². The Bertz CT molecular complexity index is 405. The molecule has 0 radical (unpaired) electrons. The molecular formula is C13H23N3O2. The van der Waals surface area contributed by atoms with E-state index in [1.807, 2.05) is 32.3 Å². The molecule has 1 rings (SSSR count).